The molecule has 1 aromatic heterocycles. The SMILES string of the molecule is CCCCOc1cccc(C(=O)N(CCCN2CCOCC2)c2nc3cc(C)c(C)cc3s2)c1. The third-order valence-corrected chi connectivity index (χ3v) is 7.32. The molecule has 1 fully saturated rings. The highest BCUT2D eigenvalue weighted by molar-refractivity contribution is 7.22. The molecule has 0 atom stereocenters. The summed E-state index contributed by atoms with van der Waals surface area (Å²) in [7, 11) is 0. The van der Waals surface area contributed by atoms with Crippen LogP contribution >= 0.6 is 11.3 Å². The van der Waals surface area contributed by atoms with Crippen molar-refractivity contribution in [1.82, 2.24) is 9.88 Å². The number of morpholine rings is 1. The number of carbonyl (C=O) groups is 1. The van der Waals surface area contributed by atoms with Crippen molar-refractivity contribution in [2.45, 2.75) is 40.0 Å². The van der Waals surface area contributed by atoms with Gasteiger partial charge in [0.25, 0.3) is 5.91 Å². The van der Waals surface area contributed by atoms with Crippen molar-refractivity contribution in [3.63, 3.8) is 0 Å². The summed E-state index contributed by atoms with van der Waals surface area (Å²) < 4.78 is 12.4. The standard InChI is InChI=1S/C27H35N3O3S/c1-4-5-14-33-23-9-6-8-22(19-23)26(31)30(11-7-10-29-12-15-32-16-13-29)27-28-24-17-20(2)21(3)18-25(24)34-27/h6,8-9,17-19H,4-5,7,10-16H2,1-3H3. The van der Waals surface area contributed by atoms with Gasteiger partial charge in [-0.25, -0.2) is 4.98 Å². The van der Waals surface area contributed by atoms with Crippen molar-refractivity contribution in [1.29, 1.82) is 0 Å². The van der Waals surface area contributed by atoms with Gasteiger partial charge in [-0.2, -0.15) is 0 Å². The van der Waals surface area contributed by atoms with Crippen molar-refractivity contribution in [2.24, 2.45) is 0 Å². The summed E-state index contributed by atoms with van der Waals surface area (Å²) in [5.41, 5.74) is 4.04. The zero-order chi connectivity index (χ0) is 23.9. The molecule has 182 valence electrons. The quantitative estimate of drug-likeness (QED) is 0.360. The highest BCUT2D eigenvalue weighted by Gasteiger charge is 2.22. The molecule has 7 heteroatoms. The van der Waals surface area contributed by atoms with Gasteiger partial charge < -0.3 is 9.47 Å². The third-order valence-electron chi connectivity index (χ3n) is 6.28. The summed E-state index contributed by atoms with van der Waals surface area (Å²) in [6.45, 7) is 12.0. The topological polar surface area (TPSA) is 54.9 Å². The lowest BCUT2D eigenvalue weighted by molar-refractivity contribution is 0.0376. The van der Waals surface area contributed by atoms with Gasteiger partial charge in [0.1, 0.15) is 5.75 Å². The first-order valence-corrected chi connectivity index (χ1v) is 13.1. The zero-order valence-electron chi connectivity index (χ0n) is 20.5. The van der Waals surface area contributed by atoms with Gasteiger partial charge in [0, 0.05) is 31.7 Å². The van der Waals surface area contributed by atoms with Crippen LogP contribution in [0, 0.1) is 13.8 Å². The number of thiazole rings is 1. The predicted octanol–water partition coefficient (Wildman–Crippen LogP) is 5.46. The molecule has 2 aromatic carbocycles. The van der Waals surface area contributed by atoms with E-state index in [1.54, 1.807) is 11.3 Å². The summed E-state index contributed by atoms with van der Waals surface area (Å²) in [5, 5.41) is 0.754. The smallest absolute Gasteiger partial charge is 0.260 e. The molecule has 0 N–H and O–H groups in total. The van der Waals surface area contributed by atoms with E-state index in [2.05, 4.69) is 37.8 Å². The highest BCUT2D eigenvalue weighted by atomic mass is 32.1. The number of amides is 1. The number of ether oxygens (including phenoxy) is 2. The Balaban J connectivity index is 1.56. The van der Waals surface area contributed by atoms with E-state index in [0.29, 0.717) is 18.7 Å². The summed E-state index contributed by atoms with van der Waals surface area (Å²) in [5.74, 6) is 0.707. The average Bonchev–Trinajstić information content (AvgIpc) is 3.25. The van der Waals surface area contributed by atoms with E-state index in [0.717, 1.165) is 73.2 Å². The van der Waals surface area contributed by atoms with Crippen LogP contribution in [0.15, 0.2) is 36.4 Å². The van der Waals surface area contributed by atoms with Crippen LogP contribution in [0.2, 0.25) is 0 Å². The van der Waals surface area contributed by atoms with Gasteiger partial charge in [-0.15, -0.1) is 0 Å². The molecule has 3 aromatic rings. The number of aromatic nitrogens is 1. The molecule has 0 spiro atoms. The van der Waals surface area contributed by atoms with Gasteiger partial charge in [-0.05, 0) is 68.1 Å². The second kappa shape index (κ2) is 11.8. The second-order valence-corrected chi connectivity index (χ2v) is 9.90. The number of hydrogen-bond donors (Lipinski definition) is 0. The number of carbonyl (C=O) groups excluding carboxylic acids is 1. The maximum atomic E-state index is 13.7. The van der Waals surface area contributed by atoms with Gasteiger partial charge in [0.05, 0.1) is 30.0 Å². The maximum absolute atomic E-state index is 13.7. The lowest BCUT2D eigenvalue weighted by Crippen LogP contribution is -2.39. The Morgan fingerprint density at radius 1 is 1.15 bits per heavy atom. The van der Waals surface area contributed by atoms with E-state index >= 15 is 0 Å². The number of fused-ring (bicyclic) bond motifs is 1. The molecule has 0 bridgehead atoms. The molecule has 1 aliphatic heterocycles. The fourth-order valence-corrected chi connectivity index (χ4v) is 5.12. The normalized spacial score (nSPS) is 14.4. The predicted molar refractivity (Wildman–Crippen MR) is 139 cm³/mol. The lowest BCUT2D eigenvalue weighted by atomic mass is 10.1. The highest BCUT2D eigenvalue weighted by Crippen LogP contribution is 2.32. The molecule has 2 heterocycles. The Morgan fingerprint density at radius 2 is 1.94 bits per heavy atom. The molecule has 0 radical (unpaired) electrons. The van der Waals surface area contributed by atoms with Crippen LogP contribution in [0.3, 0.4) is 0 Å². The van der Waals surface area contributed by atoms with Crippen LogP contribution < -0.4 is 9.64 Å². The van der Waals surface area contributed by atoms with Crippen LogP contribution in [0.1, 0.15) is 47.7 Å². The van der Waals surface area contributed by atoms with Crippen LogP contribution in [0.5, 0.6) is 5.75 Å². The first-order valence-electron chi connectivity index (χ1n) is 12.3. The Morgan fingerprint density at radius 3 is 2.74 bits per heavy atom. The van der Waals surface area contributed by atoms with Crippen molar-refractivity contribution in [2.75, 3.05) is 50.9 Å². The van der Waals surface area contributed by atoms with Crippen molar-refractivity contribution >= 4 is 32.6 Å². The van der Waals surface area contributed by atoms with Gasteiger partial charge in [0.15, 0.2) is 5.13 Å². The molecule has 1 aliphatic rings. The van der Waals surface area contributed by atoms with Crippen LogP contribution in [-0.4, -0.2) is 61.8 Å². The van der Waals surface area contributed by atoms with Gasteiger partial charge in [0.2, 0.25) is 0 Å². The van der Waals surface area contributed by atoms with E-state index in [1.165, 1.54) is 11.1 Å². The van der Waals surface area contributed by atoms with Crippen LogP contribution in [0.25, 0.3) is 10.2 Å². The number of anilines is 1. The van der Waals surface area contributed by atoms with Crippen molar-refractivity contribution in [3.05, 3.63) is 53.1 Å². The van der Waals surface area contributed by atoms with Crippen molar-refractivity contribution in [3.8, 4) is 5.75 Å². The summed E-state index contributed by atoms with van der Waals surface area (Å²) in [6, 6.07) is 11.8. The number of unbranched alkanes of at least 4 members (excludes halogenated alkanes) is 1. The minimum atomic E-state index is -0.0320. The molecule has 0 unspecified atom stereocenters. The molecule has 1 saturated heterocycles. The Bertz CT molecular complexity index is 1070. The molecular weight excluding hydrogens is 446 g/mol. The summed E-state index contributed by atoms with van der Waals surface area (Å²) in [6.07, 6.45) is 2.95. The number of benzene rings is 2. The maximum Gasteiger partial charge on any atom is 0.260 e. The monoisotopic (exact) mass is 481 g/mol. The fourth-order valence-electron chi connectivity index (χ4n) is 4.05. The Labute approximate surface area is 206 Å². The molecule has 1 amide bonds. The van der Waals surface area contributed by atoms with E-state index in [-0.39, 0.29) is 5.91 Å². The molecule has 4 rings (SSSR count). The molecule has 34 heavy (non-hydrogen) atoms. The molecule has 0 saturated carbocycles. The van der Waals surface area contributed by atoms with E-state index in [4.69, 9.17) is 14.5 Å². The van der Waals surface area contributed by atoms with Gasteiger partial charge in [-0.1, -0.05) is 30.7 Å². The second-order valence-electron chi connectivity index (χ2n) is 8.89. The average molecular weight is 482 g/mol. The minimum Gasteiger partial charge on any atom is -0.494 e. The number of aryl methyl sites for hydroxylation is 2. The van der Waals surface area contributed by atoms with Crippen LogP contribution in [-0.2, 0) is 4.74 Å². The number of rotatable bonds is 10. The first kappa shape index (κ1) is 24.6. The van der Waals surface area contributed by atoms with Crippen LogP contribution in [0.4, 0.5) is 5.13 Å². The van der Waals surface area contributed by atoms with E-state index in [9.17, 15) is 4.79 Å². The first-order chi connectivity index (χ1) is 16.5. The molecule has 6 nitrogen and oxygen atoms in total. The number of hydrogen-bond acceptors (Lipinski definition) is 6. The molecular formula is C27H35N3O3S. The van der Waals surface area contributed by atoms with Crippen molar-refractivity contribution < 1.29 is 14.3 Å². The summed E-state index contributed by atoms with van der Waals surface area (Å²) in [4.78, 5) is 22.8. The summed E-state index contributed by atoms with van der Waals surface area (Å²) >= 11 is 1.59. The van der Waals surface area contributed by atoms with Gasteiger partial charge >= 0.3 is 0 Å². The largest absolute Gasteiger partial charge is 0.494 e. The zero-order valence-corrected chi connectivity index (χ0v) is 21.3. The number of nitrogens with zero attached hydrogens (tertiary/aromatic N) is 3. The Hall–Kier alpha value is -2.48. The third kappa shape index (κ3) is 6.14. The Kier molecular flexibility index (Phi) is 8.53. The van der Waals surface area contributed by atoms with E-state index in [1.807, 2.05) is 29.2 Å². The minimum absolute atomic E-state index is 0.0320. The van der Waals surface area contributed by atoms with E-state index < -0.39 is 0 Å². The fraction of sp³-hybridized carbons (Fsp3) is 0.481. The lowest BCUT2D eigenvalue weighted by Gasteiger charge is -2.27. The molecule has 0 aliphatic carbocycles. The van der Waals surface area contributed by atoms with Gasteiger partial charge in [-0.3, -0.25) is 14.6 Å².